The molecule has 0 aliphatic carbocycles. The number of fused-ring (bicyclic) bond motifs is 1. The second kappa shape index (κ2) is 8.45. The number of para-hydroxylation sites is 2. The zero-order valence-corrected chi connectivity index (χ0v) is 18.1. The molecule has 0 radical (unpaired) electrons. The summed E-state index contributed by atoms with van der Waals surface area (Å²) in [6.45, 7) is 0.974. The first kappa shape index (κ1) is 22.7. The summed E-state index contributed by atoms with van der Waals surface area (Å²) in [4.78, 5) is 13.9. The van der Waals surface area contributed by atoms with E-state index in [9.17, 15) is 26.4 Å². The molecular formula is C20H18ClF3N2O5S. The van der Waals surface area contributed by atoms with Crippen LogP contribution in [0.5, 0.6) is 5.75 Å². The van der Waals surface area contributed by atoms with Crippen LogP contribution in [-0.2, 0) is 25.7 Å². The number of nitrogens with zero attached hydrogens (tertiary/aromatic N) is 2. The molecule has 2 heterocycles. The lowest BCUT2D eigenvalue weighted by atomic mass is 10.2. The van der Waals surface area contributed by atoms with Crippen molar-refractivity contribution in [2.45, 2.75) is 17.2 Å². The number of alkyl halides is 3. The number of carbonyl (C=O) groups excluding carboxylic acids is 1. The van der Waals surface area contributed by atoms with Gasteiger partial charge in [0.25, 0.3) is 15.9 Å². The molecule has 2 aliphatic rings. The molecule has 12 heteroatoms. The fraction of sp³-hybridized carbons (Fsp3) is 0.350. The molecule has 0 saturated carbocycles. The van der Waals surface area contributed by atoms with E-state index < -0.39 is 43.7 Å². The maximum atomic E-state index is 13.4. The van der Waals surface area contributed by atoms with E-state index in [1.54, 1.807) is 12.1 Å². The predicted octanol–water partition coefficient (Wildman–Crippen LogP) is 3.17. The molecule has 1 fully saturated rings. The zero-order chi connectivity index (χ0) is 23.1. The van der Waals surface area contributed by atoms with Gasteiger partial charge < -0.3 is 14.4 Å². The standard InChI is InChI=1S/C20H18ClF3N2O5S/c21-15-6-5-13(11-14(15)20(22,23)24)32(28,29)26-12-18(19(27)25-7-9-30-10-8-25)31-17-4-2-1-3-16(17)26/h1-6,11,18H,7-10,12H2. The first-order valence-electron chi connectivity index (χ1n) is 9.61. The summed E-state index contributed by atoms with van der Waals surface area (Å²) in [5, 5.41) is -0.612. The average Bonchev–Trinajstić information content (AvgIpc) is 2.77. The van der Waals surface area contributed by atoms with Crippen LogP contribution in [0.1, 0.15) is 5.56 Å². The highest BCUT2D eigenvalue weighted by molar-refractivity contribution is 7.92. The number of hydrogen-bond acceptors (Lipinski definition) is 5. The van der Waals surface area contributed by atoms with E-state index in [4.69, 9.17) is 21.1 Å². The van der Waals surface area contributed by atoms with Crippen molar-refractivity contribution in [1.82, 2.24) is 4.90 Å². The topological polar surface area (TPSA) is 76.2 Å². The van der Waals surface area contributed by atoms with Crippen LogP contribution in [0.15, 0.2) is 47.4 Å². The average molecular weight is 491 g/mol. The molecule has 2 aromatic carbocycles. The van der Waals surface area contributed by atoms with Gasteiger partial charge in [0.05, 0.1) is 40.9 Å². The summed E-state index contributed by atoms with van der Waals surface area (Å²) < 4.78 is 78.6. The van der Waals surface area contributed by atoms with Crippen LogP contribution in [0.4, 0.5) is 18.9 Å². The number of anilines is 1. The third kappa shape index (κ3) is 4.24. The van der Waals surface area contributed by atoms with Crippen molar-refractivity contribution in [3.05, 3.63) is 53.1 Å². The number of sulfonamides is 1. The monoisotopic (exact) mass is 490 g/mol. The Bertz CT molecular complexity index is 1140. The van der Waals surface area contributed by atoms with E-state index in [1.165, 1.54) is 17.0 Å². The maximum Gasteiger partial charge on any atom is 0.417 e. The van der Waals surface area contributed by atoms with Gasteiger partial charge in [-0.25, -0.2) is 8.42 Å². The number of benzene rings is 2. The first-order valence-corrected chi connectivity index (χ1v) is 11.4. The Morgan fingerprint density at radius 1 is 1.09 bits per heavy atom. The Morgan fingerprint density at radius 2 is 1.78 bits per heavy atom. The zero-order valence-electron chi connectivity index (χ0n) is 16.5. The highest BCUT2D eigenvalue weighted by Crippen LogP contribution is 2.40. The molecule has 1 atom stereocenters. The summed E-state index contributed by atoms with van der Waals surface area (Å²) in [5.74, 6) is -0.283. The van der Waals surface area contributed by atoms with Crippen molar-refractivity contribution < 1.29 is 35.9 Å². The maximum absolute atomic E-state index is 13.4. The van der Waals surface area contributed by atoms with E-state index in [-0.39, 0.29) is 18.0 Å². The van der Waals surface area contributed by atoms with Gasteiger partial charge in [-0.05, 0) is 30.3 Å². The lowest BCUT2D eigenvalue weighted by Crippen LogP contribution is -2.54. The van der Waals surface area contributed by atoms with E-state index in [0.717, 1.165) is 16.4 Å². The Morgan fingerprint density at radius 3 is 2.47 bits per heavy atom. The summed E-state index contributed by atoms with van der Waals surface area (Å²) in [6.07, 6.45) is -5.99. The van der Waals surface area contributed by atoms with Crippen molar-refractivity contribution in [1.29, 1.82) is 0 Å². The molecule has 4 rings (SSSR count). The van der Waals surface area contributed by atoms with Gasteiger partial charge in [0.15, 0.2) is 6.10 Å². The molecule has 0 N–H and O–H groups in total. The number of amides is 1. The quantitative estimate of drug-likeness (QED) is 0.660. The second-order valence-corrected chi connectivity index (χ2v) is 9.46. The smallest absolute Gasteiger partial charge is 0.417 e. The third-order valence-electron chi connectivity index (χ3n) is 5.16. The van der Waals surface area contributed by atoms with Crippen LogP contribution in [0.25, 0.3) is 0 Å². The number of halogens is 4. The van der Waals surface area contributed by atoms with Crippen molar-refractivity contribution in [2.24, 2.45) is 0 Å². The number of morpholine rings is 1. The molecule has 0 spiro atoms. The van der Waals surface area contributed by atoms with Gasteiger partial charge in [0.2, 0.25) is 0 Å². The minimum Gasteiger partial charge on any atom is -0.476 e. The Balaban J connectivity index is 1.73. The SMILES string of the molecule is O=C(C1CN(S(=O)(=O)c2ccc(Cl)c(C(F)(F)F)c2)c2ccccc2O1)N1CCOCC1. The molecule has 7 nitrogen and oxygen atoms in total. The van der Waals surface area contributed by atoms with Crippen LogP contribution in [0.2, 0.25) is 5.02 Å². The highest BCUT2D eigenvalue weighted by Gasteiger charge is 2.41. The highest BCUT2D eigenvalue weighted by atomic mass is 35.5. The van der Waals surface area contributed by atoms with Gasteiger partial charge >= 0.3 is 6.18 Å². The minimum absolute atomic E-state index is 0.127. The van der Waals surface area contributed by atoms with Crippen molar-refractivity contribution in [3.8, 4) is 5.75 Å². The van der Waals surface area contributed by atoms with E-state index in [2.05, 4.69) is 0 Å². The van der Waals surface area contributed by atoms with Crippen LogP contribution in [0, 0.1) is 0 Å². The Hall–Kier alpha value is -2.50. The number of ether oxygens (including phenoxy) is 2. The summed E-state index contributed by atoms with van der Waals surface area (Å²) >= 11 is 5.64. The Labute approximate surface area is 187 Å². The van der Waals surface area contributed by atoms with Crippen LogP contribution in [0.3, 0.4) is 0 Å². The van der Waals surface area contributed by atoms with Gasteiger partial charge in [-0.1, -0.05) is 23.7 Å². The molecule has 2 aliphatic heterocycles. The molecule has 172 valence electrons. The van der Waals surface area contributed by atoms with Gasteiger partial charge in [-0.2, -0.15) is 13.2 Å². The van der Waals surface area contributed by atoms with Gasteiger partial charge in [0.1, 0.15) is 5.75 Å². The molecule has 1 unspecified atom stereocenters. The largest absolute Gasteiger partial charge is 0.476 e. The lowest BCUT2D eigenvalue weighted by molar-refractivity contribution is -0.142. The van der Waals surface area contributed by atoms with Crippen LogP contribution >= 0.6 is 11.6 Å². The van der Waals surface area contributed by atoms with Gasteiger partial charge in [0, 0.05) is 13.1 Å². The van der Waals surface area contributed by atoms with E-state index >= 15 is 0 Å². The van der Waals surface area contributed by atoms with Crippen LogP contribution < -0.4 is 9.04 Å². The van der Waals surface area contributed by atoms with Gasteiger partial charge in [-0.15, -0.1) is 0 Å². The second-order valence-electron chi connectivity index (χ2n) is 7.19. The summed E-state index contributed by atoms with van der Waals surface area (Å²) in [5.41, 5.74) is -1.13. The summed E-state index contributed by atoms with van der Waals surface area (Å²) in [7, 11) is -4.47. The normalized spacial score (nSPS) is 19.3. The fourth-order valence-electron chi connectivity index (χ4n) is 3.56. The van der Waals surface area contributed by atoms with Crippen molar-refractivity contribution in [3.63, 3.8) is 0 Å². The predicted molar refractivity (Wildman–Crippen MR) is 109 cm³/mol. The first-order chi connectivity index (χ1) is 15.1. The molecule has 0 bridgehead atoms. The van der Waals surface area contributed by atoms with E-state index in [0.29, 0.717) is 32.4 Å². The number of carbonyl (C=O) groups is 1. The molecule has 1 saturated heterocycles. The summed E-state index contributed by atoms with van der Waals surface area (Å²) in [6, 6.07) is 8.52. The molecular weight excluding hydrogens is 473 g/mol. The third-order valence-corrected chi connectivity index (χ3v) is 7.27. The molecule has 2 aromatic rings. The van der Waals surface area contributed by atoms with E-state index in [1.807, 2.05) is 0 Å². The number of rotatable bonds is 3. The van der Waals surface area contributed by atoms with Crippen molar-refractivity contribution in [2.75, 3.05) is 37.2 Å². The number of hydrogen-bond donors (Lipinski definition) is 0. The molecule has 32 heavy (non-hydrogen) atoms. The Kier molecular flexibility index (Phi) is 5.99. The molecule has 0 aromatic heterocycles. The fourth-order valence-corrected chi connectivity index (χ4v) is 5.28. The van der Waals surface area contributed by atoms with Crippen LogP contribution in [-0.4, -0.2) is 58.2 Å². The van der Waals surface area contributed by atoms with Crippen molar-refractivity contribution >= 4 is 33.2 Å². The lowest BCUT2D eigenvalue weighted by Gasteiger charge is -2.37. The molecule has 1 amide bonds. The van der Waals surface area contributed by atoms with Gasteiger partial charge in [-0.3, -0.25) is 9.10 Å². The minimum atomic E-state index is -4.83.